The van der Waals surface area contributed by atoms with Crippen LogP contribution < -0.4 is 5.32 Å². The Morgan fingerprint density at radius 2 is 1.62 bits per heavy atom. The van der Waals surface area contributed by atoms with Gasteiger partial charge in [0.25, 0.3) is 0 Å². The monoisotopic (exact) mass is 504 g/mol. The van der Waals surface area contributed by atoms with E-state index in [1.807, 2.05) is 31.2 Å². The van der Waals surface area contributed by atoms with E-state index in [4.69, 9.17) is 9.72 Å². The number of nitrogens with one attached hydrogen (secondary N) is 1. The van der Waals surface area contributed by atoms with Gasteiger partial charge in [-0.25, -0.2) is 18.6 Å². The van der Waals surface area contributed by atoms with Crippen molar-refractivity contribution >= 4 is 23.1 Å². The molecule has 1 saturated heterocycles. The minimum atomic E-state index is -0.363. The number of para-hydroxylation sites is 2. The van der Waals surface area contributed by atoms with Gasteiger partial charge in [0.05, 0.1) is 23.7 Å². The summed E-state index contributed by atoms with van der Waals surface area (Å²) < 4.78 is 35.0. The molecule has 4 aromatic rings. The smallest absolute Gasteiger partial charge is 0.409 e. The Hall–Kier alpha value is -3.94. The van der Waals surface area contributed by atoms with Gasteiger partial charge in [-0.15, -0.1) is 0 Å². The van der Waals surface area contributed by atoms with Crippen LogP contribution in [0.25, 0.3) is 11.0 Å². The van der Waals surface area contributed by atoms with Crippen molar-refractivity contribution in [3.63, 3.8) is 0 Å². The van der Waals surface area contributed by atoms with Gasteiger partial charge in [-0.3, -0.25) is 4.57 Å². The zero-order valence-electron chi connectivity index (χ0n) is 20.7. The van der Waals surface area contributed by atoms with E-state index in [-0.39, 0.29) is 29.8 Å². The number of rotatable bonds is 6. The number of carbonyl (C=O) groups excluding carboxylic acids is 1. The van der Waals surface area contributed by atoms with Gasteiger partial charge in [-0.2, -0.15) is 0 Å². The zero-order chi connectivity index (χ0) is 25.8. The fraction of sp³-hybridized carbons (Fsp3) is 0.310. The average Bonchev–Trinajstić information content (AvgIpc) is 3.08. The molecular weight excluding hydrogens is 474 g/mol. The Bertz CT molecular complexity index is 1310. The van der Waals surface area contributed by atoms with E-state index in [0.29, 0.717) is 25.6 Å². The summed E-state index contributed by atoms with van der Waals surface area (Å²) in [5.74, 6) is 0.0366. The molecular formula is C29H30F2N4O2. The summed E-state index contributed by atoms with van der Waals surface area (Å²) in [6.45, 7) is 3.41. The summed E-state index contributed by atoms with van der Waals surface area (Å²) >= 11 is 0. The lowest BCUT2D eigenvalue weighted by Gasteiger charge is -2.25. The van der Waals surface area contributed by atoms with Crippen molar-refractivity contribution in [2.24, 2.45) is 0 Å². The van der Waals surface area contributed by atoms with Gasteiger partial charge in [-0.05, 0) is 73.7 Å². The van der Waals surface area contributed by atoms with Gasteiger partial charge >= 0.3 is 6.09 Å². The minimum absolute atomic E-state index is 0.0945. The number of hydrogen-bond donors (Lipinski definition) is 1. The Morgan fingerprint density at radius 3 is 2.27 bits per heavy atom. The summed E-state index contributed by atoms with van der Waals surface area (Å²) in [5, 5.41) is 3.64. The maximum atomic E-state index is 13.8. The van der Waals surface area contributed by atoms with Crippen LogP contribution in [0, 0.1) is 11.6 Å². The van der Waals surface area contributed by atoms with Crippen molar-refractivity contribution in [1.82, 2.24) is 14.5 Å². The summed E-state index contributed by atoms with van der Waals surface area (Å²) in [4.78, 5) is 18.9. The van der Waals surface area contributed by atoms with Crippen molar-refractivity contribution in [3.8, 4) is 0 Å². The highest BCUT2D eigenvalue weighted by atomic mass is 19.1. The lowest BCUT2D eigenvalue weighted by molar-refractivity contribution is 0.108. The molecule has 3 aromatic carbocycles. The van der Waals surface area contributed by atoms with Gasteiger partial charge in [0.2, 0.25) is 5.95 Å². The zero-order valence-corrected chi connectivity index (χ0v) is 20.7. The molecule has 8 heteroatoms. The summed E-state index contributed by atoms with van der Waals surface area (Å²) in [7, 11) is 0. The third-order valence-electron chi connectivity index (χ3n) is 6.81. The molecule has 1 aliphatic rings. The molecule has 6 nitrogen and oxygen atoms in total. The third kappa shape index (κ3) is 5.43. The number of nitrogens with zero attached hydrogens (tertiary/aromatic N) is 3. The molecule has 1 atom stereocenters. The van der Waals surface area contributed by atoms with Crippen molar-refractivity contribution < 1.29 is 18.3 Å². The first kappa shape index (κ1) is 24.7. The number of hydrogen-bond acceptors (Lipinski definition) is 4. The van der Waals surface area contributed by atoms with Crippen LogP contribution in [0.15, 0.2) is 72.8 Å². The molecule has 0 aliphatic carbocycles. The Labute approximate surface area is 214 Å². The third-order valence-corrected chi connectivity index (χ3v) is 6.81. The fourth-order valence-electron chi connectivity index (χ4n) is 5.01. The van der Waals surface area contributed by atoms with Crippen LogP contribution in [0.1, 0.15) is 43.4 Å². The molecule has 1 unspecified atom stereocenters. The largest absolute Gasteiger partial charge is 0.450 e. The van der Waals surface area contributed by atoms with Crippen LogP contribution in [-0.4, -0.2) is 46.3 Å². The molecule has 2 heterocycles. The number of aromatic nitrogens is 2. The van der Waals surface area contributed by atoms with E-state index in [2.05, 4.69) is 9.88 Å². The lowest BCUT2D eigenvalue weighted by Crippen LogP contribution is -2.33. The maximum absolute atomic E-state index is 13.8. The normalized spacial score (nSPS) is 16.1. The molecule has 37 heavy (non-hydrogen) atoms. The van der Waals surface area contributed by atoms with E-state index in [1.165, 1.54) is 24.3 Å². The van der Waals surface area contributed by atoms with Gasteiger partial charge < -0.3 is 15.0 Å². The second-order valence-electron chi connectivity index (χ2n) is 9.26. The number of halogens is 2. The quantitative estimate of drug-likeness (QED) is 0.331. The predicted octanol–water partition coefficient (Wildman–Crippen LogP) is 6.38. The van der Waals surface area contributed by atoms with Crippen molar-refractivity contribution in [2.75, 3.05) is 25.0 Å². The van der Waals surface area contributed by atoms with Crippen LogP contribution in [0.5, 0.6) is 0 Å². The van der Waals surface area contributed by atoms with Gasteiger partial charge in [0, 0.05) is 19.1 Å². The Balaban J connectivity index is 1.54. The average molecular weight is 505 g/mol. The van der Waals surface area contributed by atoms with Crippen molar-refractivity contribution in [3.05, 3.63) is 95.6 Å². The predicted molar refractivity (Wildman–Crippen MR) is 140 cm³/mol. The molecule has 0 bridgehead atoms. The maximum Gasteiger partial charge on any atom is 0.409 e. The molecule has 0 radical (unpaired) electrons. The number of carbonyl (C=O) groups is 1. The first-order chi connectivity index (χ1) is 18.0. The van der Waals surface area contributed by atoms with Crippen LogP contribution in [0.2, 0.25) is 0 Å². The number of imidazole rings is 1. The van der Waals surface area contributed by atoms with E-state index in [9.17, 15) is 13.6 Å². The van der Waals surface area contributed by atoms with E-state index in [0.717, 1.165) is 41.4 Å². The highest BCUT2D eigenvalue weighted by molar-refractivity contribution is 5.79. The molecule has 5 rings (SSSR count). The van der Waals surface area contributed by atoms with Gasteiger partial charge in [-0.1, -0.05) is 36.4 Å². The second kappa shape index (κ2) is 11.0. The van der Waals surface area contributed by atoms with Crippen molar-refractivity contribution in [1.29, 1.82) is 0 Å². The first-order valence-corrected chi connectivity index (χ1v) is 12.7. The SMILES string of the molecule is CCOC(=O)N1CCCC(Nc2nc3ccccc3n2C(c2ccc(F)cc2)c2ccc(F)cc2)CC1. The second-order valence-corrected chi connectivity index (χ2v) is 9.26. The van der Waals surface area contributed by atoms with Crippen LogP contribution in [0.3, 0.4) is 0 Å². The molecule has 1 N–H and O–H groups in total. The van der Waals surface area contributed by atoms with E-state index >= 15 is 0 Å². The molecule has 1 aromatic heterocycles. The van der Waals surface area contributed by atoms with E-state index in [1.54, 1.807) is 29.2 Å². The van der Waals surface area contributed by atoms with Crippen LogP contribution in [0.4, 0.5) is 19.5 Å². The standard InChI is InChI=1S/C29H30F2N4O2/c1-2-37-29(36)34-18-5-6-24(17-19-34)32-28-33-25-7-3-4-8-26(25)35(28)27(20-9-13-22(30)14-10-20)21-11-15-23(31)16-12-21/h3-4,7-16,24,27H,2,5-6,17-19H2,1H3,(H,32,33). The Kier molecular flexibility index (Phi) is 7.35. The molecule has 0 saturated carbocycles. The van der Waals surface area contributed by atoms with Crippen LogP contribution >= 0.6 is 0 Å². The number of benzene rings is 3. The highest BCUT2D eigenvalue weighted by Gasteiger charge is 2.26. The van der Waals surface area contributed by atoms with Crippen LogP contribution in [-0.2, 0) is 4.74 Å². The minimum Gasteiger partial charge on any atom is -0.450 e. The summed E-state index contributed by atoms with van der Waals surface area (Å²) in [5.41, 5.74) is 3.44. The van der Waals surface area contributed by atoms with Gasteiger partial charge in [0.15, 0.2) is 0 Å². The first-order valence-electron chi connectivity index (χ1n) is 12.7. The van der Waals surface area contributed by atoms with E-state index < -0.39 is 0 Å². The number of anilines is 1. The summed E-state index contributed by atoms with van der Waals surface area (Å²) in [6.07, 6.45) is 2.19. The topological polar surface area (TPSA) is 59.4 Å². The number of amides is 1. The number of likely N-dealkylation sites (tertiary alicyclic amines) is 1. The number of fused-ring (bicyclic) bond motifs is 1. The molecule has 1 aliphatic heterocycles. The molecule has 192 valence electrons. The molecule has 1 fully saturated rings. The van der Waals surface area contributed by atoms with Gasteiger partial charge in [0.1, 0.15) is 11.6 Å². The number of ether oxygens (including phenoxy) is 1. The van der Waals surface area contributed by atoms with Crippen molar-refractivity contribution in [2.45, 2.75) is 38.3 Å². The Morgan fingerprint density at radius 1 is 0.973 bits per heavy atom. The fourth-order valence-corrected chi connectivity index (χ4v) is 5.01. The molecule has 0 spiro atoms. The molecule has 1 amide bonds. The summed E-state index contributed by atoms with van der Waals surface area (Å²) in [6, 6.07) is 20.4. The lowest BCUT2D eigenvalue weighted by atomic mass is 9.98. The highest BCUT2D eigenvalue weighted by Crippen LogP contribution is 2.35.